The summed E-state index contributed by atoms with van der Waals surface area (Å²) < 4.78 is 29.4. The average molecular weight is 536 g/mol. The van der Waals surface area contributed by atoms with Crippen molar-refractivity contribution >= 4 is 33.3 Å². The highest BCUT2D eigenvalue weighted by Gasteiger charge is 2.33. The van der Waals surface area contributed by atoms with E-state index in [4.69, 9.17) is 21.7 Å². The van der Waals surface area contributed by atoms with Gasteiger partial charge in [0, 0.05) is 17.0 Å². The quantitative estimate of drug-likeness (QED) is 0.370. The number of nitrogens with one attached hydrogen (secondary N) is 1. The molecular formula is C28H30ClN5O2S. The maximum absolute atomic E-state index is 13.3. The van der Waals surface area contributed by atoms with E-state index in [1.807, 2.05) is 42.5 Å². The summed E-state index contributed by atoms with van der Waals surface area (Å²) >= 11 is 6.15. The number of likely N-dealkylation sites (tertiary alicyclic amines) is 1. The molecule has 0 radical (unpaired) electrons. The van der Waals surface area contributed by atoms with Crippen LogP contribution in [-0.4, -0.2) is 62.7 Å². The second-order valence-electron chi connectivity index (χ2n) is 9.40. The predicted molar refractivity (Wildman–Crippen MR) is 149 cm³/mol. The molecule has 1 N–H and O–H groups in total. The molecule has 2 aliphatic heterocycles. The zero-order chi connectivity index (χ0) is 25.8. The lowest BCUT2D eigenvalue weighted by Crippen LogP contribution is -2.42. The fraction of sp³-hybridized carbons (Fsp3) is 0.286. The number of hydrazone groups is 1. The van der Waals surface area contributed by atoms with E-state index in [-0.39, 0.29) is 22.8 Å². The van der Waals surface area contributed by atoms with Gasteiger partial charge in [-0.1, -0.05) is 72.3 Å². The molecule has 1 saturated heterocycles. The molecule has 2 atom stereocenters. The lowest BCUT2D eigenvalue weighted by Gasteiger charge is -2.22. The number of rotatable bonds is 6. The normalized spacial score (nSPS) is 20.8. The van der Waals surface area contributed by atoms with E-state index in [1.54, 1.807) is 35.3 Å². The summed E-state index contributed by atoms with van der Waals surface area (Å²) in [7, 11) is -1.77. The molecule has 2 heterocycles. The van der Waals surface area contributed by atoms with Crippen LogP contribution in [0.15, 0.2) is 99.9 Å². The number of halogens is 1. The van der Waals surface area contributed by atoms with Gasteiger partial charge in [-0.25, -0.2) is 23.1 Å². The van der Waals surface area contributed by atoms with Gasteiger partial charge < -0.3 is 4.90 Å². The molecule has 0 aromatic heterocycles. The Hall–Kier alpha value is -3.20. The van der Waals surface area contributed by atoms with Gasteiger partial charge >= 0.3 is 0 Å². The number of aliphatic imine (C=N–C) groups is 1. The van der Waals surface area contributed by atoms with Crippen LogP contribution in [0.3, 0.4) is 0 Å². The van der Waals surface area contributed by atoms with Crippen molar-refractivity contribution in [3.8, 4) is 0 Å². The predicted octanol–water partition coefficient (Wildman–Crippen LogP) is 4.57. The van der Waals surface area contributed by atoms with Crippen LogP contribution in [0.1, 0.15) is 29.9 Å². The average Bonchev–Trinajstić information content (AvgIpc) is 3.54. The molecule has 2 aliphatic rings. The van der Waals surface area contributed by atoms with E-state index in [1.165, 1.54) is 0 Å². The molecule has 0 bridgehead atoms. The van der Waals surface area contributed by atoms with E-state index in [0.717, 1.165) is 36.2 Å². The number of hydrogen-bond donors (Lipinski definition) is 1. The summed E-state index contributed by atoms with van der Waals surface area (Å²) in [5.41, 5.74) is 2.87. The number of sulfonamides is 1. The van der Waals surface area contributed by atoms with Gasteiger partial charge in [-0.2, -0.15) is 5.10 Å². The van der Waals surface area contributed by atoms with Crippen LogP contribution in [-0.2, 0) is 10.0 Å². The fourth-order valence-electron chi connectivity index (χ4n) is 4.81. The Bertz CT molecular complexity index is 1380. The minimum atomic E-state index is -3.85. The third kappa shape index (κ3) is 5.87. The molecule has 0 saturated carbocycles. The van der Waals surface area contributed by atoms with Crippen LogP contribution < -0.4 is 4.72 Å². The number of guanidine groups is 1. The van der Waals surface area contributed by atoms with Crippen LogP contribution in [0.2, 0.25) is 5.02 Å². The first-order valence-electron chi connectivity index (χ1n) is 12.4. The van der Waals surface area contributed by atoms with Gasteiger partial charge in [0.1, 0.15) is 0 Å². The standard InChI is InChI=1S/C28H30ClN5O2S/c1-33-18-8-11-24(33)19-30-28(32-37(35,36)25-12-6-3-7-13-25)34-20-26(21-9-4-2-5-10-21)27(31-34)22-14-16-23(29)17-15-22/h2-7,9-10,12-17,24,26H,8,11,18-20H2,1H3,(H,30,32). The maximum atomic E-state index is 13.3. The second kappa shape index (κ2) is 11.0. The van der Waals surface area contributed by atoms with Gasteiger partial charge in [0.2, 0.25) is 5.96 Å². The van der Waals surface area contributed by atoms with E-state index in [0.29, 0.717) is 18.1 Å². The van der Waals surface area contributed by atoms with Crippen LogP contribution >= 0.6 is 11.6 Å². The summed E-state index contributed by atoms with van der Waals surface area (Å²) in [6.45, 7) is 1.96. The van der Waals surface area contributed by atoms with Gasteiger partial charge in [0.15, 0.2) is 0 Å². The van der Waals surface area contributed by atoms with Gasteiger partial charge in [-0.05, 0) is 61.8 Å². The van der Waals surface area contributed by atoms with Crippen molar-refractivity contribution in [2.75, 3.05) is 26.7 Å². The summed E-state index contributed by atoms with van der Waals surface area (Å²) in [4.78, 5) is 7.25. The highest BCUT2D eigenvalue weighted by molar-refractivity contribution is 7.90. The maximum Gasteiger partial charge on any atom is 0.264 e. The fourth-order valence-corrected chi connectivity index (χ4v) is 5.98. The van der Waals surface area contributed by atoms with Crippen LogP contribution in [0.5, 0.6) is 0 Å². The molecule has 2 unspecified atom stereocenters. The van der Waals surface area contributed by atoms with Crippen molar-refractivity contribution < 1.29 is 8.42 Å². The van der Waals surface area contributed by atoms with Crippen molar-refractivity contribution in [2.24, 2.45) is 10.1 Å². The molecule has 0 aliphatic carbocycles. The smallest absolute Gasteiger partial charge is 0.264 e. The highest BCUT2D eigenvalue weighted by Crippen LogP contribution is 2.30. The van der Waals surface area contributed by atoms with Crippen molar-refractivity contribution in [1.29, 1.82) is 0 Å². The van der Waals surface area contributed by atoms with Crippen LogP contribution in [0.4, 0.5) is 0 Å². The Balaban J connectivity index is 1.52. The number of nitrogens with zero attached hydrogens (tertiary/aromatic N) is 4. The van der Waals surface area contributed by atoms with E-state index >= 15 is 0 Å². The Morgan fingerprint density at radius 3 is 2.35 bits per heavy atom. The minimum absolute atomic E-state index is 0.0667. The molecular weight excluding hydrogens is 506 g/mol. The molecule has 192 valence electrons. The molecule has 0 amide bonds. The first-order chi connectivity index (χ1) is 17.9. The second-order valence-corrected chi connectivity index (χ2v) is 11.5. The molecule has 5 rings (SSSR count). The summed E-state index contributed by atoms with van der Waals surface area (Å²) in [6, 6.07) is 26.3. The Morgan fingerprint density at radius 1 is 1.03 bits per heavy atom. The number of likely N-dealkylation sites (N-methyl/N-ethyl adjacent to an activating group) is 1. The van der Waals surface area contributed by atoms with Gasteiger partial charge in [0.05, 0.1) is 23.7 Å². The topological polar surface area (TPSA) is 77.4 Å². The van der Waals surface area contributed by atoms with Crippen molar-refractivity contribution in [3.63, 3.8) is 0 Å². The van der Waals surface area contributed by atoms with Crippen molar-refractivity contribution in [2.45, 2.75) is 29.7 Å². The summed E-state index contributed by atoms with van der Waals surface area (Å²) in [6.07, 6.45) is 2.14. The first kappa shape index (κ1) is 25.4. The van der Waals surface area contributed by atoms with Gasteiger partial charge in [0.25, 0.3) is 10.0 Å². The lowest BCUT2D eigenvalue weighted by molar-refractivity contribution is 0.316. The third-order valence-electron chi connectivity index (χ3n) is 6.90. The zero-order valence-electron chi connectivity index (χ0n) is 20.7. The van der Waals surface area contributed by atoms with E-state index in [9.17, 15) is 8.42 Å². The first-order valence-corrected chi connectivity index (χ1v) is 14.3. The Labute approximate surface area is 223 Å². The molecule has 7 nitrogen and oxygen atoms in total. The van der Waals surface area contributed by atoms with Crippen LogP contribution in [0.25, 0.3) is 0 Å². The minimum Gasteiger partial charge on any atom is -0.302 e. The highest BCUT2D eigenvalue weighted by atomic mass is 35.5. The molecule has 37 heavy (non-hydrogen) atoms. The lowest BCUT2D eigenvalue weighted by atomic mass is 9.91. The van der Waals surface area contributed by atoms with Crippen molar-refractivity contribution in [1.82, 2.24) is 14.6 Å². The van der Waals surface area contributed by atoms with Crippen LogP contribution in [0, 0.1) is 0 Å². The van der Waals surface area contributed by atoms with Gasteiger partial charge in [-0.15, -0.1) is 0 Å². The molecule has 9 heteroatoms. The summed E-state index contributed by atoms with van der Waals surface area (Å²) in [5, 5.41) is 7.26. The Kier molecular flexibility index (Phi) is 7.60. The SMILES string of the molecule is CN1CCCC1CN=C(NS(=O)(=O)c1ccccc1)N1CC(c2ccccc2)C(c2ccc(Cl)cc2)=N1. The van der Waals surface area contributed by atoms with Crippen molar-refractivity contribution in [3.05, 3.63) is 101 Å². The van der Waals surface area contributed by atoms with E-state index < -0.39 is 10.0 Å². The summed E-state index contributed by atoms with van der Waals surface area (Å²) in [5.74, 6) is 0.164. The zero-order valence-corrected chi connectivity index (χ0v) is 22.2. The monoisotopic (exact) mass is 535 g/mol. The molecule has 0 spiro atoms. The largest absolute Gasteiger partial charge is 0.302 e. The molecule has 1 fully saturated rings. The number of hydrogen-bond acceptors (Lipinski definition) is 5. The molecule has 3 aromatic rings. The Morgan fingerprint density at radius 2 is 1.70 bits per heavy atom. The molecule has 3 aromatic carbocycles. The number of benzene rings is 3. The van der Waals surface area contributed by atoms with Gasteiger partial charge in [-0.3, -0.25) is 0 Å². The third-order valence-corrected chi connectivity index (χ3v) is 8.50. The van der Waals surface area contributed by atoms with E-state index in [2.05, 4.69) is 28.8 Å².